The molecule has 2 heteroatoms. The third-order valence-electron chi connectivity index (χ3n) is 5.53. The molecule has 1 aliphatic carbocycles. The minimum absolute atomic E-state index is 0.194. The highest BCUT2D eigenvalue weighted by molar-refractivity contribution is 5.18. The maximum Gasteiger partial charge on any atom is 0.0815 e. The Hall–Kier alpha value is -0.600. The Balaban J connectivity index is 2.59. The molecule has 0 heterocycles. The third kappa shape index (κ3) is 7.11. The van der Waals surface area contributed by atoms with E-state index >= 15 is 0 Å². The highest BCUT2D eigenvalue weighted by Gasteiger charge is 2.34. The lowest BCUT2D eigenvalue weighted by Crippen LogP contribution is -2.39. The first-order chi connectivity index (χ1) is 11.4. The molecule has 2 nitrogen and oxygen atoms in total. The van der Waals surface area contributed by atoms with E-state index in [9.17, 15) is 5.11 Å². The summed E-state index contributed by atoms with van der Waals surface area (Å²) < 4.78 is 6.22. The molecule has 0 saturated carbocycles. The molecule has 140 valence electrons. The Kier molecular flexibility index (Phi) is 9.92. The summed E-state index contributed by atoms with van der Waals surface area (Å²) in [4.78, 5) is 0. The second kappa shape index (κ2) is 11.1. The van der Waals surface area contributed by atoms with Crippen LogP contribution in [0.5, 0.6) is 0 Å². The highest BCUT2D eigenvalue weighted by Crippen LogP contribution is 2.35. The van der Waals surface area contributed by atoms with Crippen LogP contribution < -0.4 is 0 Å². The van der Waals surface area contributed by atoms with Crippen LogP contribution in [0.25, 0.3) is 0 Å². The molecule has 0 radical (unpaired) electrons. The normalized spacial score (nSPS) is 28.4. The first-order valence-corrected chi connectivity index (χ1v) is 10.00. The third-order valence-corrected chi connectivity index (χ3v) is 5.53. The number of allylic oxidation sites excluding steroid dienone is 2. The monoisotopic (exact) mass is 336 g/mol. The number of unbranched alkanes of at least 4 members (excludes halogenated alkanes) is 1. The van der Waals surface area contributed by atoms with Gasteiger partial charge in [0.2, 0.25) is 0 Å². The van der Waals surface area contributed by atoms with Gasteiger partial charge < -0.3 is 9.84 Å². The zero-order valence-electron chi connectivity index (χ0n) is 16.8. The Morgan fingerprint density at radius 2 is 1.96 bits per heavy atom. The molecular weight excluding hydrogens is 296 g/mol. The second-order valence-corrected chi connectivity index (χ2v) is 8.10. The summed E-state index contributed by atoms with van der Waals surface area (Å²) in [5, 5.41) is 10.3. The van der Waals surface area contributed by atoms with Crippen molar-refractivity contribution in [3.63, 3.8) is 0 Å². The maximum atomic E-state index is 10.3. The van der Waals surface area contributed by atoms with Crippen LogP contribution in [0.2, 0.25) is 0 Å². The summed E-state index contributed by atoms with van der Waals surface area (Å²) in [6.45, 7) is 14.1. The molecule has 24 heavy (non-hydrogen) atoms. The van der Waals surface area contributed by atoms with Crippen LogP contribution in [0.1, 0.15) is 80.1 Å². The molecule has 5 unspecified atom stereocenters. The Bertz CT molecular complexity index is 406. The summed E-state index contributed by atoms with van der Waals surface area (Å²) >= 11 is 0. The van der Waals surface area contributed by atoms with Crippen molar-refractivity contribution in [2.24, 2.45) is 17.8 Å². The van der Waals surface area contributed by atoms with Crippen molar-refractivity contribution in [3.8, 4) is 0 Å². The van der Waals surface area contributed by atoms with Crippen LogP contribution in [-0.2, 0) is 4.74 Å². The molecule has 1 rings (SSSR count). The summed E-state index contributed by atoms with van der Waals surface area (Å²) in [7, 11) is 0. The van der Waals surface area contributed by atoms with E-state index in [2.05, 4.69) is 53.7 Å². The molecular formula is C22H40O2. The quantitative estimate of drug-likeness (QED) is 0.397. The van der Waals surface area contributed by atoms with Crippen LogP contribution >= 0.6 is 0 Å². The first-order valence-electron chi connectivity index (χ1n) is 10.00. The molecule has 0 aromatic rings. The fraction of sp³-hybridized carbons (Fsp3) is 0.818. The first kappa shape index (κ1) is 21.4. The van der Waals surface area contributed by atoms with Crippen molar-refractivity contribution in [2.45, 2.75) is 92.3 Å². The predicted octanol–water partition coefficient (Wildman–Crippen LogP) is 5.91. The summed E-state index contributed by atoms with van der Waals surface area (Å²) in [6, 6.07) is 0. The lowest BCUT2D eigenvalue weighted by atomic mass is 9.76. The molecule has 0 aliphatic heterocycles. The minimum atomic E-state index is -0.318. The van der Waals surface area contributed by atoms with Crippen molar-refractivity contribution in [1.29, 1.82) is 0 Å². The lowest BCUT2D eigenvalue weighted by Gasteiger charge is -2.37. The lowest BCUT2D eigenvalue weighted by molar-refractivity contribution is -0.0123. The smallest absolute Gasteiger partial charge is 0.0815 e. The van der Waals surface area contributed by atoms with Crippen LogP contribution in [0.3, 0.4) is 0 Å². The van der Waals surface area contributed by atoms with Gasteiger partial charge in [-0.1, -0.05) is 51.8 Å². The van der Waals surface area contributed by atoms with Gasteiger partial charge >= 0.3 is 0 Å². The minimum Gasteiger partial charge on any atom is -0.389 e. The van der Waals surface area contributed by atoms with Crippen LogP contribution in [0, 0.1) is 17.8 Å². The molecule has 0 amide bonds. The van der Waals surface area contributed by atoms with Crippen molar-refractivity contribution < 1.29 is 9.84 Å². The van der Waals surface area contributed by atoms with Gasteiger partial charge in [0, 0.05) is 6.61 Å². The van der Waals surface area contributed by atoms with E-state index in [1.165, 1.54) is 36.8 Å². The van der Waals surface area contributed by atoms with E-state index in [1.807, 2.05) is 0 Å². The maximum absolute atomic E-state index is 10.3. The number of hydrogen-bond acceptors (Lipinski definition) is 2. The molecule has 0 spiro atoms. The van der Waals surface area contributed by atoms with Gasteiger partial charge in [-0.3, -0.25) is 0 Å². The fourth-order valence-corrected chi connectivity index (χ4v) is 3.44. The average molecular weight is 337 g/mol. The van der Waals surface area contributed by atoms with Gasteiger partial charge in [-0.05, 0) is 69.3 Å². The molecule has 0 fully saturated rings. The van der Waals surface area contributed by atoms with E-state index in [1.54, 1.807) is 0 Å². The summed E-state index contributed by atoms with van der Waals surface area (Å²) in [5.74, 6) is 1.37. The molecule has 0 saturated heterocycles. The molecule has 0 aromatic heterocycles. The predicted molar refractivity (Wildman–Crippen MR) is 104 cm³/mol. The summed E-state index contributed by atoms with van der Waals surface area (Å²) in [6.07, 6.45) is 11.2. The molecule has 1 N–H and O–H groups in total. The zero-order valence-corrected chi connectivity index (χ0v) is 16.8. The number of hydrogen-bond donors (Lipinski definition) is 1. The van der Waals surface area contributed by atoms with E-state index in [0.29, 0.717) is 11.8 Å². The van der Waals surface area contributed by atoms with E-state index in [-0.39, 0.29) is 18.1 Å². The summed E-state index contributed by atoms with van der Waals surface area (Å²) in [5.41, 5.74) is 2.74. The van der Waals surface area contributed by atoms with Crippen LogP contribution in [0.15, 0.2) is 23.3 Å². The van der Waals surface area contributed by atoms with Gasteiger partial charge in [-0.15, -0.1) is 0 Å². The highest BCUT2D eigenvalue weighted by atomic mass is 16.5. The van der Waals surface area contributed by atoms with Gasteiger partial charge in [-0.25, -0.2) is 0 Å². The second-order valence-electron chi connectivity index (χ2n) is 8.10. The van der Waals surface area contributed by atoms with Gasteiger partial charge in [0.1, 0.15) is 0 Å². The van der Waals surface area contributed by atoms with Crippen molar-refractivity contribution in [3.05, 3.63) is 23.3 Å². The fourth-order valence-electron chi connectivity index (χ4n) is 3.44. The van der Waals surface area contributed by atoms with Crippen molar-refractivity contribution >= 4 is 0 Å². The molecule has 0 aromatic carbocycles. The Labute approximate surface area is 150 Å². The van der Waals surface area contributed by atoms with E-state index in [0.717, 1.165) is 19.4 Å². The van der Waals surface area contributed by atoms with Gasteiger partial charge in [0.25, 0.3) is 0 Å². The largest absolute Gasteiger partial charge is 0.389 e. The van der Waals surface area contributed by atoms with Gasteiger partial charge in [0.05, 0.1) is 12.2 Å². The van der Waals surface area contributed by atoms with Crippen LogP contribution in [-0.4, -0.2) is 23.9 Å². The zero-order chi connectivity index (χ0) is 18.1. The van der Waals surface area contributed by atoms with E-state index in [4.69, 9.17) is 4.74 Å². The Morgan fingerprint density at radius 3 is 2.58 bits per heavy atom. The van der Waals surface area contributed by atoms with Crippen LogP contribution in [0.4, 0.5) is 0 Å². The van der Waals surface area contributed by atoms with Gasteiger partial charge in [0.15, 0.2) is 0 Å². The number of ether oxygens (including phenoxy) is 1. The molecule has 0 bridgehead atoms. The number of rotatable bonds is 10. The number of aliphatic hydroxyl groups is 1. The molecule has 5 atom stereocenters. The average Bonchev–Trinajstić information content (AvgIpc) is 2.53. The van der Waals surface area contributed by atoms with Crippen molar-refractivity contribution in [1.82, 2.24) is 0 Å². The van der Waals surface area contributed by atoms with E-state index < -0.39 is 0 Å². The van der Waals surface area contributed by atoms with Gasteiger partial charge in [-0.2, -0.15) is 0 Å². The standard InChI is InChI=1S/C22H40O2/c1-7-8-14-24-22-19(6)18(5)21(23)15-20(22)13-12-17(4)11-9-10-16(2)3/h10,15,17-19,21-23H,7-9,11-14H2,1-6H3. The topological polar surface area (TPSA) is 29.5 Å². The van der Waals surface area contributed by atoms with Crippen molar-refractivity contribution in [2.75, 3.05) is 6.61 Å². The Morgan fingerprint density at radius 1 is 1.25 bits per heavy atom. The molecule has 1 aliphatic rings. The SMILES string of the molecule is CCCCOC1C(CCC(C)CCC=C(C)C)=CC(O)C(C)C1C. The number of aliphatic hydroxyl groups excluding tert-OH is 1.